The standard InChI is InChI=1S/C8H20O2Si/c1-5-8-10-11(4,7-3)9-6-2/h5-8H2,1-4H3. The van der Waals surface area contributed by atoms with Gasteiger partial charge in [-0.25, -0.2) is 0 Å². The van der Waals surface area contributed by atoms with E-state index >= 15 is 0 Å². The van der Waals surface area contributed by atoms with E-state index in [9.17, 15) is 0 Å². The molecule has 0 amide bonds. The van der Waals surface area contributed by atoms with Crippen molar-refractivity contribution in [1.82, 2.24) is 0 Å². The van der Waals surface area contributed by atoms with E-state index in [1.165, 1.54) is 0 Å². The summed E-state index contributed by atoms with van der Waals surface area (Å²) in [5.74, 6) is 0. The van der Waals surface area contributed by atoms with E-state index in [0.29, 0.717) is 0 Å². The Morgan fingerprint density at radius 3 is 2.09 bits per heavy atom. The van der Waals surface area contributed by atoms with Gasteiger partial charge < -0.3 is 8.85 Å². The predicted molar refractivity (Wildman–Crippen MR) is 50.0 cm³/mol. The first kappa shape index (κ1) is 11.1. The van der Waals surface area contributed by atoms with E-state index in [2.05, 4.69) is 20.4 Å². The Bertz CT molecular complexity index is 98.1. The number of hydrogen-bond donors (Lipinski definition) is 0. The van der Waals surface area contributed by atoms with Crippen LogP contribution in [0.2, 0.25) is 12.6 Å². The van der Waals surface area contributed by atoms with Gasteiger partial charge in [-0.05, 0) is 25.9 Å². The van der Waals surface area contributed by atoms with Gasteiger partial charge in [0, 0.05) is 13.2 Å². The molecule has 3 heteroatoms. The largest absolute Gasteiger partial charge is 0.395 e. The molecule has 0 aliphatic carbocycles. The van der Waals surface area contributed by atoms with Gasteiger partial charge in [0.1, 0.15) is 0 Å². The van der Waals surface area contributed by atoms with Gasteiger partial charge in [0.05, 0.1) is 0 Å². The van der Waals surface area contributed by atoms with Crippen molar-refractivity contribution >= 4 is 8.56 Å². The zero-order chi connectivity index (χ0) is 8.74. The zero-order valence-corrected chi connectivity index (χ0v) is 9.14. The third-order valence-corrected chi connectivity index (χ3v) is 4.70. The first-order valence-electron chi connectivity index (χ1n) is 4.46. The SMILES string of the molecule is CCCO[Si](C)(CC)OCC. The molecule has 0 radical (unpaired) electrons. The Morgan fingerprint density at radius 1 is 1.09 bits per heavy atom. The summed E-state index contributed by atoms with van der Waals surface area (Å²) >= 11 is 0. The van der Waals surface area contributed by atoms with Crippen LogP contribution in [0, 0.1) is 0 Å². The Morgan fingerprint density at radius 2 is 1.73 bits per heavy atom. The molecule has 68 valence electrons. The summed E-state index contributed by atoms with van der Waals surface area (Å²) in [4.78, 5) is 0. The van der Waals surface area contributed by atoms with Crippen molar-refractivity contribution in [2.24, 2.45) is 0 Å². The van der Waals surface area contributed by atoms with Gasteiger partial charge in [-0.2, -0.15) is 0 Å². The molecule has 0 saturated heterocycles. The number of hydrogen-bond acceptors (Lipinski definition) is 2. The highest BCUT2D eigenvalue weighted by molar-refractivity contribution is 6.65. The highest BCUT2D eigenvalue weighted by atomic mass is 28.4. The molecule has 1 atom stereocenters. The Balaban J connectivity index is 3.68. The molecule has 0 spiro atoms. The minimum atomic E-state index is -1.74. The van der Waals surface area contributed by atoms with Crippen LogP contribution in [0.25, 0.3) is 0 Å². The summed E-state index contributed by atoms with van der Waals surface area (Å²) in [6, 6.07) is 1.04. The second kappa shape index (κ2) is 5.74. The molecule has 0 fully saturated rings. The fourth-order valence-corrected chi connectivity index (χ4v) is 2.61. The zero-order valence-electron chi connectivity index (χ0n) is 8.14. The van der Waals surface area contributed by atoms with Crippen molar-refractivity contribution in [2.75, 3.05) is 13.2 Å². The van der Waals surface area contributed by atoms with Crippen molar-refractivity contribution < 1.29 is 8.85 Å². The molecule has 0 aliphatic heterocycles. The topological polar surface area (TPSA) is 18.5 Å². The normalized spacial score (nSPS) is 16.4. The lowest BCUT2D eigenvalue weighted by atomic mass is 10.5. The van der Waals surface area contributed by atoms with E-state index in [1.54, 1.807) is 0 Å². The van der Waals surface area contributed by atoms with Crippen LogP contribution < -0.4 is 0 Å². The maximum atomic E-state index is 5.68. The summed E-state index contributed by atoms with van der Waals surface area (Å²) < 4.78 is 11.3. The van der Waals surface area contributed by atoms with Crippen LogP contribution in [-0.2, 0) is 8.85 Å². The molecular weight excluding hydrogens is 156 g/mol. The van der Waals surface area contributed by atoms with Crippen LogP contribution in [-0.4, -0.2) is 21.8 Å². The Labute approximate surface area is 71.1 Å². The van der Waals surface area contributed by atoms with Crippen molar-refractivity contribution in [2.45, 2.75) is 39.8 Å². The van der Waals surface area contributed by atoms with Crippen molar-refractivity contribution in [3.63, 3.8) is 0 Å². The van der Waals surface area contributed by atoms with Gasteiger partial charge in [0.15, 0.2) is 0 Å². The average molecular weight is 176 g/mol. The highest BCUT2D eigenvalue weighted by Gasteiger charge is 2.27. The van der Waals surface area contributed by atoms with Crippen LogP contribution in [0.1, 0.15) is 27.2 Å². The first-order chi connectivity index (χ1) is 5.18. The lowest BCUT2D eigenvalue weighted by Gasteiger charge is -2.24. The fraction of sp³-hybridized carbons (Fsp3) is 1.00. The molecule has 0 rings (SSSR count). The molecular formula is C8H20O2Si. The van der Waals surface area contributed by atoms with E-state index in [0.717, 1.165) is 25.7 Å². The van der Waals surface area contributed by atoms with E-state index in [4.69, 9.17) is 8.85 Å². The van der Waals surface area contributed by atoms with Crippen LogP contribution in [0.15, 0.2) is 0 Å². The molecule has 0 aliphatic rings. The molecule has 0 heterocycles. The fourth-order valence-electron chi connectivity index (χ4n) is 0.869. The Hall–Kier alpha value is 0.137. The highest BCUT2D eigenvalue weighted by Crippen LogP contribution is 2.12. The average Bonchev–Trinajstić information content (AvgIpc) is 2.02. The second-order valence-corrected chi connectivity index (χ2v) is 6.32. The van der Waals surface area contributed by atoms with Crippen LogP contribution in [0.4, 0.5) is 0 Å². The van der Waals surface area contributed by atoms with Gasteiger partial charge in [-0.3, -0.25) is 0 Å². The summed E-state index contributed by atoms with van der Waals surface area (Å²) in [7, 11) is -1.74. The Kier molecular flexibility index (Phi) is 5.82. The van der Waals surface area contributed by atoms with E-state index in [-0.39, 0.29) is 0 Å². The van der Waals surface area contributed by atoms with Gasteiger partial charge in [0.2, 0.25) is 0 Å². The maximum absolute atomic E-state index is 5.68. The van der Waals surface area contributed by atoms with Gasteiger partial charge >= 0.3 is 8.56 Å². The first-order valence-corrected chi connectivity index (χ1v) is 6.98. The van der Waals surface area contributed by atoms with Crippen LogP contribution in [0.5, 0.6) is 0 Å². The number of rotatable bonds is 6. The smallest absolute Gasteiger partial charge is 0.334 e. The third kappa shape index (κ3) is 4.56. The van der Waals surface area contributed by atoms with E-state index < -0.39 is 8.56 Å². The quantitative estimate of drug-likeness (QED) is 0.579. The van der Waals surface area contributed by atoms with Crippen LogP contribution in [0.3, 0.4) is 0 Å². The van der Waals surface area contributed by atoms with Crippen molar-refractivity contribution in [3.8, 4) is 0 Å². The summed E-state index contributed by atoms with van der Waals surface area (Å²) in [6.45, 7) is 10.0. The molecule has 0 bridgehead atoms. The summed E-state index contributed by atoms with van der Waals surface area (Å²) in [5.41, 5.74) is 0. The molecule has 1 unspecified atom stereocenters. The lowest BCUT2D eigenvalue weighted by molar-refractivity contribution is 0.182. The van der Waals surface area contributed by atoms with Crippen LogP contribution >= 0.6 is 0 Å². The van der Waals surface area contributed by atoms with E-state index in [1.807, 2.05) is 6.92 Å². The predicted octanol–water partition coefficient (Wildman–Crippen LogP) is 2.54. The molecule has 0 saturated carbocycles. The molecule has 2 nitrogen and oxygen atoms in total. The molecule has 0 aromatic carbocycles. The summed E-state index contributed by atoms with van der Waals surface area (Å²) in [6.07, 6.45) is 1.08. The third-order valence-electron chi connectivity index (χ3n) is 1.70. The molecule has 11 heavy (non-hydrogen) atoms. The minimum absolute atomic E-state index is 0.778. The van der Waals surface area contributed by atoms with Crippen molar-refractivity contribution in [3.05, 3.63) is 0 Å². The van der Waals surface area contributed by atoms with Crippen molar-refractivity contribution in [1.29, 1.82) is 0 Å². The van der Waals surface area contributed by atoms with Gasteiger partial charge in [-0.1, -0.05) is 13.8 Å². The second-order valence-electron chi connectivity index (χ2n) is 2.77. The maximum Gasteiger partial charge on any atom is 0.334 e. The molecule has 0 aromatic heterocycles. The van der Waals surface area contributed by atoms with Gasteiger partial charge in [0.25, 0.3) is 0 Å². The monoisotopic (exact) mass is 176 g/mol. The molecule has 0 N–H and O–H groups in total. The minimum Gasteiger partial charge on any atom is -0.395 e. The van der Waals surface area contributed by atoms with Gasteiger partial charge in [-0.15, -0.1) is 0 Å². The lowest BCUT2D eigenvalue weighted by Crippen LogP contribution is -2.38. The molecule has 0 aromatic rings. The summed E-state index contributed by atoms with van der Waals surface area (Å²) in [5, 5.41) is 0.